The Kier molecular flexibility index (Phi) is 8.25. The van der Waals surface area contributed by atoms with Crippen molar-refractivity contribution in [3.05, 3.63) is 194 Å². The van der Waals surface area contributed by atoms with E-state index in [1.807, 2.05) is 146 Å². The van der Waals surface area contributed by atoms with E-state index in [9.17, 15) is 0 Å². The van der Waals surface area contributed by atoms with Crippen LogP contribution in [0.1, 0.15) is 0 Å². The van der Waals surface area contributed by atoms with E-state index < -0.39 is 37.6 Å². The van der Waals surface area contributed by atoms with Gasteiger partial charge in [0.2, 0.25) is 0 Å². The molecule has 0 unspecified atom stereocenters. The zero-order valence-corrected chi connectivity index (χ0v) is 31.3. The summed E-state index contributed by atoms with van der Waals surface area (Å²) in [5, 5.41) is 4.10. The molecule has 0 saturated heterocycles. The maximum atomic E-state index is 16.3. The van der Waals surface area contributed by atoms with E-state index >= 15 is 6.03 Å². The fourth-order valence-corrected chi connectivity index (χ4v) is 23.4. The van der Waals surface area contributed by atoms with Gasteiger partial charge in [0.15, 0.2) is 0 Å². The molecule has 8 rings (SSSR count). The molecule has 8 aromatic carbocycles. The van der Waals surface area contributed by atoms with Crippen molar-refractivity contribution in [2.24, 2.45) is 0 Å². The summed E-state index contributed by atoms with van der Waals surface area (Å²) in [5.74, 6) is 0. The fourth-order valence-electron chi connectivity index (χ4n) is 6.98. The van der Waals surface area contributed by atoms with Crippen molar-refractivity contribution in [2.75, 3.05) is 0 Å². The summed E-state index contributed by atoms with van der Waals surface area (Å²) in [6.45, 7) is 0. The normalized spacial score (nSPS) is 11.9. The zero-order valence-electron chi connectivity index (χ0n) is 26.2. The van der Waals surface area contributed by atoms with Crippen LogP contribution >= 0.6 is 0 Å². The molecule has 0 atom stereocenters. The van der Waals surface area contributed by atoms with Crippen LogP contribution in [0.25, 0.3) is 32.7 Å². The molecule has 48 heavy (non-hydrogen) atoms. The van der Waals surface area contributed by atoms with Crippen molar-refractivity contribution < 1.29 is 6.03 Å². The van der Waals surface area contributed by atoms with Crippen molar-refractivity contribution >= 4 is 80.2 Å². The quantitative estimate of drug-likeness (QED) is 0.173. The Labute approximate surface area is 289 Å². The Morgan fingerprint density at radius 3 is 0.854 bits per heavy atom. The predicted octanol–water partition coefficient (Wildman–Crippen LogP) is 6.45. The van der Waals surface area contributed by atoms with Crippen LogP contribution in [0.3, 0.4) is 0 Å². The van der Waals surface area contributed by atoms with Gasteiger partial charge in [0.1, 0.15) is 0 Å². The Morgan fingerprint density at radius 2 is 0.542 bits per heavy atom. The number of hydrogen-bond acceptors (Lipinski definition) is 2. The number of hydrogen-bond donors (Lipinski definition) is 0. The van der Waals surface area contributed by atoms with Gasteiger partial charge >= 0.3 is 291 Å². The minimum atomic E-state index is -4.81. The molecule has 0 saturated carbocycles. The molecule has 8 aromatic rings. The third-order valence-electron chi connectivity index (χ3n) is 9.22. The van der Waals surface area contributed by atoms with Gasteiger partial charge in [-0.05, 0) is 0 Å². The molecule has 0 bridgehead atoms. The van der Waals surface area contributed by atoms with Crippen LogP contribution < -0.4 is 21.1 Å². The van der Waals surface area contributed by atoms with E-state index in [1.165, 1.54) is 0 Å². The van der Waals surface area contributed by atoms with Crippen LogP contribution in [0, 0.1) is 0 Å². The first-order chi connectivity index (χ1) is 23.6. The van der Waals surface area contributed by atoms with Crippen LogP contribution in [0.4, 0.5) is 0 Å². The van der Waals surface area contributed by atoms with E-state index in [4.69, 9.17) is 0 Å². The molecule has 2 nitrogen and oxygen atoms in total. The molecule has 0 radical (unpaired) electrons. The molecule has 0 heterocycles. The van der Waals surface area contributed by atoms with Gasteiger partial charge in [-0.15, -0.1) is 0 Å². The second-order valence-electron chi connectivity index (χ2n) is 11.9. The molecule has 4 heteroatoms. The molecule has 0 spiro atoms. The van der Waals surface area contributed by atoms with Crippen molar-refractivity contribution in [3.63, 3.8) is 0 Å². The topological polar surface area (TPSA) is 34.1 Å². The van der Waals surface area contributed by atoms with E-state index in [2.05, 4.69) is 48.5 Å². The summed E-state index contributed by atoms with van der Waals surface area (Å²) in [5.41, 5.74) is 1.82. The van der Waals surface area contributed by atoms with E-state index in [0.717, 1.165) is 53.7 Å². The molecule has 0 aliphatic rings. The molecule has 0 aliphatic heterocycles. The van der Waals surface area contributed by atoms with Gasteiger partial charge in [-0.2, -0.15) is 0 Å². The van der Waals surface area contributed by atoms with E-state index in [0.29, 0.717) is 0 Å². The molecule has 0 N–H and O–H groups in total. The van der Waals surface area contributed by atoms with Gasteiger partial charge in [-0.3, -0.25) is 0 Å². The minimum absolute atomic E-state index is 0.829. The molecular weight excluding hydrogens is 804 g/mol. The monoisotopic (exact) mass is 834 g/mol. The van der Waals surface area contributed by atoms with Crippen LogP contribution in [0.5, 0.6) is 0 Å². The molecule has 0 aromatic heterocycles. The second-order valence-corrected chi connectivity index (χ2v) is 27.5. The van der Waals surface area contributed by atoms with Gasteiger partial charge in [-0.1, -0.05) is 0 Å². The average molecular weight is 836 g/mol. The maximum absolute atomic E-state index is 16.3. The SMILES string of the molecule is [O]=[Sb]([c]1ccccc1)([c]1ccccc1)[c]1ccc2ccccc2c1-c1[c]([Sb](=[O])([c]2ccccc2)[c]2ccccc2)ccc2ccccc12. The van der Waals surface area contributed by atoms with Gasteiger partial charge in [0.05, 0.1) is 0 Å². The first kappa shape index (κ1) is 30.8. The predicted molar refractivity (Wildman–Crippen MR) is 203 cm³/mol. The summed E-state index contributed by atoms with van der Waals surface area (Å²) < 4.78 is 37.7. The van der Waals surface area contributed by atoms with Gasteiger partial charge < -0.3 is 0 Å². The average Bonchev–Trinajstić information content (AvgIpc) is 3.18. The number of rotatable bonds is 7. The third-order valence-corrected chi connectivity index (χ3v) is 26.9. The Morgan fingerprint density at radius 1 is 0.271 bits per heavy atom. The molecular formula is C44H32O2Sb2. The fraction of sp³-hybridized carbons (Fsp3) is 0. The Hall–Kier alpha value is -4.48. The second kappa shape index (κ2) is 12.9. The van der Waals surface area contributed by atoms with Crippen LogP contribution in [0.2, 0.25) is 0 Å². The Bertz CT molecular complexity index is 2230. The summed E-state index contributed by atoms with van der Waals surface area (Å²) in [6, 6.07) is 64.9. The summed E-state index contributed by atoms with van der Waals surface area (Å²) in [7, 11) is 0. The van der Waals surface area contributed by atoms with E-state index in [-0.39, 0.29) is 0 Å². The molecule has 0 aliphatic carbocycles. The first-order valence-electron chi connectivity index (χ1n) is 16.1. The van der Waals surface area contributed by atoms with Gasteiger partial charge in [-0.25, -0.2) is 0 Å². The van der Waals surface area contributed by atoms with Crippen molar-refractivity contribution in [2.45, 2.75) is 0 Å². The van der Waals surface area contributed by atoms with Crippen molar-refractivity contribution in [3.8, 4) is 11.1 Å². The van der Waals surface area contributed by atoms with Crippen LogP contribution in [0.15, 0.2) is 194 Å². The number of benzene rings is 8. The summed E-state index contributed by atoms with van der Waals surface area (Å²) >= 11 is -9.62. The molecule has 230 valence electrons. The summed E-state index contributed by atoms with van der Waals surface area (Å²) in [6.07, 6.45) is 0. The van der Waals surface area contributed by atoms with Crippen LogP contribution in [-0.2, 0) is 6.03 Å². The first-order valence-corrected chi connectivity index (χ1v) is 25.8. The van der Waals surface area contributed by atoms with Gasteiger partial charge in [0, 0.05) is 0 Å². The summed E-state index contributed by atoms with van der Waals surface area (Å²) in [4.78, 5) is 0. The standard InChI is InChI=1S/C20H12.4C6H5.2O.2Sb/c1-3-11-17-15(7-1)9-5-13-19(17)20-14-6-10-16-8-2-4-12-18(16)20;4*1-2-4-6-5-3-1;;;;/h1-12H;4*1-5H;;;;. The van der Waals surface area contributed by atoms with Crippen LogP contribution in [-0.4, -0.2) is 37.6 Å². The van der Waals surface area contributed by atoms with Crippen molar-refractivity contribution in [1.82, 2.24) is 0 Å². The van der Waals surface area contributed by atoms with Gasteiger partial charge in [0.25, 0.3) is 0 Å². The molecule has 0 amide bonds. The number of fused-ring (bicyclic) bond motifs is 2. The Balaban J connectivity index is 1.59. The zero-order chi connectivity index (χ0) is 32.6. The third kappa shape index (κ3) is 5.11. The molecule has 0 fully saturated rings. The van der Waals surface area contributed by atoms with E-state index in [1.54, 1.807) is 0 Å². The van der Waals surface area contributed by atoms with Crippen molar-refractivity contribution in [1.29, 1.82) is 0 Å².